The molecule has 2 aromatic carbocycles. The number of fused-ring (bicyclic) bond motifs is 1. The van der Waals surface area contributed by atoms with Gasteiger partial charge in [-0.25, -0.2) is 23.2 Å². The Morgan fingerprint density at radius 3 is 2.88 bits per heavy atom. The van der Waals surface area contributed by atoms with Crippen LogP contribution >= 0.6 is 11.6 Å². The Hall–Kier alpha value is -2.86. The van der Waals surface area contributed by atoms with Gasteiger partial charge in [0.15, 0.2) is 17.5 Å². The van der Waals surface area contributed by atoms with Gasteiger partial charge < -0.3 is 15.0 Å². The molecule has 33 heavy (non-hydrogen) atoms. The zero-order valence-corrected chi connectivity index (χ0v) is 18.4. The van der Waals surface area contributed by atoms with E-state index in [-0.39, 0.29) is 39.3 Å². The number of benzene rings is 2. The zero-order chi connectivity index (χ0) is 23.7. The summed E-state index contributed by atoms with van der Waals surface area (Å²) in [5.41, 5.74) is -0.440. The zero-order valence-electron chi connectivity index (χ0n) is 17.6. The Balaban J connectivity index is 1.61. The second-order valence-electron chi connectivity index (χ2n) is 7.71. The number of rotatable bonds is 7. The standard InChI is InChI=1S/C21H22ClF3N6O2/c1-33-7-6-30-5-4-11(10-30)27-21-28-18-13(9-16(24)17(25)19(18)29-21)20(26)31(32)12-2-3-15(23)14(22)8-12/h2-3,8-9,11,26,32H,4-7,10H2,1H3,(H2,27,28,29). The number of aromatic amines is 1. The van der Waals surface area contributed by atoms with Crippen LogP contribution in [0.2, 0.25) is 5.02 Å². The smallest absolute Gasteiger partial charge is 0.201 e. The third-order valence-electron chi connectivity index (χ3n) is 5.50. The van der Waals surface area contributed by atoms with Crippen LogP contribution < -0.4 is 10.4 Å². The quantitative estimate of drug-likeness (QED) is 0.231. The number of halogens is 4. The second kappa shape index (κ2) is 9.56. The third-order valence-corrected chi connectivity index (χ3v) is 5.79. The minimum absolute atomic E-state index is 0.0238. The van der Waals surface area contributed by atoms with E-state index in [1.54, 1.807) is 7.11 Å². The molecule has 1 atom stereocenters. The van der Waals surface area contributed by atoms with Crippen LogP contribution in [-0.2, 0) is 4.74 Å². The minimum atomic E-state index is -1.22. The maximum absolute atomic E-state index is 14.5. The first-order chi connectivity index (χ1) is 15.8. The van der Waals surface area contributed by atoms with Crippen molar-refractivity contribution >= 4 is 40.1 Å². The van der Waals surface area contributed by atoms with E-state index in [4.69, 9.17) is 21.7 Å². The summed E-state index contributed by atoms with van der Waals surface area (Å²) in [5.74, 6) is -3.46. The molecule has 0 saturated carbocycles. The lowest BCUT2D eigenvalue weighted by atomic mass is 10.1. The van der Waals surface area contributed by atoms with Crippen LogP contribution in [0.3, 0.4) is 0 Å². The van der Waals surface area contributed by atoms with E-state index in [1.807, 2.05) is 0 Å². The van der Waals surface area contributed by atoms with Crippen molar-refractivity contribution in [2.75, 3.05) is 43.7 Å². The van der Waals surface area contributed by atoms with E-state index in [9.17, 15) is 18.4 Å². The fourth-order valence-corrected chi connectivity index (χ4v) is 3.96. The van der Waals surface area contributed by atoms with Crippen molar-refractivity contribution in [3.05, 3.63) is 52.3 Å². The molecule has 0 radical (unpaired) electrons. The molecule has 1 aliphatic rings. The number of ether oxygens (including phenoxy) is 1. The highest BCUT2D eigenvalue weighted by atomic mass is 35.5. The van der Waals surface area contributed by atoms with Gasteiger partial charge in [-0.05, 0) is 30.7 Å². The molecule has 176 valence electrons. The second-order valence-corrected chi connectivity index (χ2v) is 8.12. The van der Waals surface area contributed by atoms with Crippen LogP contribution in [0.4, 0.5) is 24.8 Å². The lowest BCUT2D eigenvalue weighted by Gasteiger charge is -2.18. The molecule has 0 bridgehead atoms. The predicted octanol–water partition coefficient (Wildman–Crippen LogP) is 3.99. The molecule has 8 nitrogen and oxygen atoms in total. The van der Waals surface area contributed by atoms with Crippen LogP contribution in [-0.4, -0.2) is 65.3 Å². The number of anilines is 2. The van der Waals surface area contributed by atoms with Gasteiger partial charge in [-0.2, -0.15) is 0 Å². The van der Waals surface area contributed by atoms with E-state index < -0.39 is 23.3 Å². The van der Waals surface area contributed by atoms with E-state index in [1.165, 1.54) is 6.07 Å². The van der Waals surface area contributed by atoms with E-state index in [0.29, 0.717) is 11.7 Å². The molecule has 2 heterocycles. The minimum Gasteiger partial charge on any atom is -0.383 e. The van der Waals surface area contributed by atoms with Crippen molar-refractivity contribution in [3.63, 3.8) is 0 Å². The number of hydrogen-bond acceptors (Lipinski definition) is 6. The van der Waals surface area contributed by atoms with E-state index in [2.05, 4.69) is 20.2 Å². The Bertz CT molecular complexity index is 1190. The summed E-state index contributed by atoms with van der Waals surface area (Å²) >= 11 is 5.74. The predicted molar refractivity (Wildman–Crippen MR) is 119 cm³/mol. The fourth-order valence-electron chi connectivity index (χ4n) is 3.78. The van der Waals surface area contributed by atoms with Gasteiger partial charge in [0.1, 0.15) is 11.3 Å². The van der Waals surface area contributed by atoms with Gasteiger partial charge in [0.25, 0.3) is 0 Å². The molecule has 0 aliphatic carbocycles. The average molecular weight is 483 g/mol. The van der Waals surface area contributed by atoms with Gasteiger partial charge in [-0.3, -0.25) is 15.5 Å². The van der Waals surface area contributed by atoms with Crippen LogP contribution in [0, 0.1) is 22.9 Å². The number of imidazole rings is 1. The van der Waals surface area contributed by atoms with Gasteiger partial charge in [0.05, 0.1) is 22.8 Å². The summed E-state index contributed by atoms with van der Waals surface area (Å²) in [7, 11) is 1.64. The van der Waals surface area contributed by atoms with Crippen molar-refractivity contribution in [1.82, 2.24) is 14.9 Å². The molecule has 3 aromatic rings. The summed E-state index contributed by atoms with van der Waals surface area (Å²) in [5, 5.41) is 22.1. The summed E-state index contributed by atoms with van der Waals surface area (Å²) < 4.78 is 47.3. The van der Waals surface area contributed by atoms with Gasteiger partial charge >= 0.3 is 0 Å². The molecule has 4 rings (SSSR count). The molecule has 1 aromatic heterocycles. The van der Waals surface area contributed by atoms with Crippen molar-refractivity contribution < 1.29 is 23.1 Å². The molecule has 1 saturated heterocycles. The Kier molecular flexibility index (Phi) is 6.75. The van der Waals surface area contributed by atoms with Gasteiger partial charge in [-0.1, -0.05) is 11.6 Å². The van der Waals surface area contributed by atoms with Crippen LogP contribution in [0.15, 0.2) is 24.3 Å². The highest BCUT2D eigenvalue weighted by Gasteiger charge is 2.26. The van der Waals surface area contributed by atoms with Crippen molar-refractivity contribution in [1.29, 1.82) is 5.41 Å². The van der Waals surface area contributed by atoms with Crippen molar-refractivity contribution in [2.45, 2.75) is 12.5 Å². The highest BCUT2D eigenvalue weighted by Crippen LogP contribution is 2.28. The third kappa shape index (κ3) is 4.76. The lowest BCUT2D eigenvalue weighted by molar-refractivity contribution is 0.160. The molecule has 4 N–H and O–H groups in total. The first kappa shape index (κ1) is 23.3. The van der Waals surface area contributed by atoms with Gasteiger partial charge in [0.2, 0.25) is 5.95 Å². The number of H-pyrrole nitrogens is 1. The lowest BCUT2D eigenvalue weighted by Crippen LogP contribution is -2.29. The first-order valence-corrected chi connectivity index (χ1v) is 10.5. The number of likely N-dealkylation sites (tertiary alicyclic amines) is 1. The molecular weight excluding hydrogens is 461 g/mol. The highest BCUT2D eigenvalue weighted by molar-refractivity contribution is 6.31. The molecule has 0 spiro atoms. The average Bonchev–Trinajstić information content (AvgIpc) is 3.43. The normalized spacial score (nSPS) is 16.5. The summed E-state index contributed by atoms with van der Waals surface area (Å²) in [6.07, 6.45) is 0.829. The Morgan fingerprint density at radius 1 is 1.36 bits per heavy atom. The van der Waals surface area contributed by atoms with Crippen LogP contribution in [0.1, 0.15) is 12.0 Å². The van der Waals surface area contributed by atoms with Crippen molar-refractivity contribution in [2.24, 2.45) is 0 Å². The molecule has 1 unspecified atom stereocenters. The maximum Gasteiger partial charge on any atom is 0.201 e. The first-order valence-electron chi connectivity index (χ1n) is 10.2. The topological polar surface area (TPSA) is 100 Å². The summed E-state index contributed by atoms with van der Waals surface area (Å²) in [6, 6.07) is 4.15. The fraction of sp³-hybridized carbons (Fsp3) is 0.333. The summed E-state index contributed by atoms with van der Waals surface area (Å²) in [4.78, 5) is 9.23. The number of hydrogen-bond donors (Lipinski definition) is 4. The number of methoxy groups -OCH3 is 1. The maximum atomic E-state index is 14.5. The largest absolute Gasteiger partial charge is 0.383 e. The molecular formula is C21H22ClF3N6O2. The Labute approximate surface area is 192 Å². The SMILES string of the molecule is COCCN1CCC(Nc2nc3c(F)c(F)cc(C(=N)N(O)c4ccc(F)c(Cl)c4)c3[nH]2)C1. The summed E-state index contributed by atoms with van der Waals surface area (Å²) in [6.45, 7) is 3.00. The number of aromatic nitrogens is 2. The monoisotopic (exact) mass is 482 g/mol. The number of amidine groups is 1. The number of nitrogens with one attached hydrogen (secondary N) is 3. The molecule has 1 fully saturated rings. The molecule has 0 amide bonds. The van der Waals surface area contributed by atoms with Gasteiger partial charge in [-0.15, -0.1) is 0 Å². The van der Waals surface area contributed by atoms with E-state index in [0.717, 1.165) is 44.3 Å². The number of hydroxylamine groups is 1. The number of nitrogens with zero attached hydrogens (tertiary/aromatic N) is 3. The van der Waals surface area contributed by atoms with Gasteiger partial charge in [0, 0.05) is 38.3 Å². The van der Waals surface area contributed by atoms with Crippen LogP contribution in [0.5, 0.6) is 0 Å². The Morgan fingerprint density at radius 2 is 2.15 bits per heavy atom. The van der Waals surface area contributed by atoms with E-state index >= 15 is 0 Å². The molecule has 1 aliphatic heterocycles. The van der Waals surface area contributed by atoms with Crippen molar-refractivity contribution in [3.8, 4) is 0 Å². The molecule has 12 heteroatoms. The van der Waals surface area contributed by atoms with Crippen LogP contribution in [0.25, 0.3) is 11.0 Å².